The lowest BCUT2D eigenvalue weighted by Crippen LogP contribution is -2.36. The highest BCUT2D eigenvalue weighted by molar-refractivity contribution is 5.74. The maximum atomic E-state index is 12.3. The molecule has 2 N–H and O–H groups in total. The molecule has 2 rings (SSSR count). The number of urea groups is 1. The van der Waals surface area contributed by atoms with E-state index in [4.69, 9.17) is 9.47 Å². The minimum Gasteiger partial charge on any atom is -0.497 e. The fourth-order valence-electron chi connectivity index (χ4n) is 2.94. The number of amides is 2. The molecule has 0 aliphatic carbocycles. The minimum absolute atomic E-state index is 0.242. The Labute approximate surface area is 167 Å². The van der Waals surface area contributed by atoms with Crippen molar-refractivity contribution in [3.63, 3.8) is 0 Å². The molecular weight excluding hydrogens is 356 g/mol. The maximum absolute atomic E-state index is 12.3. The van der Waals surface area contributed by atoms with Crippen LogP contribution in [0.3, 0.4) is 0 Å². The van der Waals surface area contributed by atoms with Crippen molar-refractivity contribution in [2.24, 2.45) is 0 Å². The smallest absolute Gasteiger partial charge is 0.315 e. The summed E-state index contributed by atoms with van der Waals surface area (Å²) in [6.07, 6.45) is 1.79. The van der Waals surface area contributed by atoms with Crippen LogP contribution in [0.1, 0.15) is 37.9 Å². The van der Waals surface area contributed by atoms with Gasteiger partial charge in [0, 0.05) is 31.4 Å². The first-order chi connectivity index (χ1) is 13.5. The van der Waals surface area contributed by atoms with E-state index in [1.165, 1.54) is 0 Å². The summed E-state index contributed by atoms with van der Waals surface area (Å²) in [5.74, 6) is 2.35. The van der Waals surface area contributed by atoms with E-state index in [0.29, 0.717) is 18.0 Å². The molecule has 1 atom stereocenters. The number of carbonyl (C=O) groups excluding carboxylic acids is 1. The van der Waals surface area contributed by atoms with Crippen molar-refractivity contribution in [1.82, 2.24) is 15.6 Å². The van der Waals surface area contributed by atoms with Gasteiger partial charge in [-0.15, -0.1) is 0 Å². The van der Waals surface area contributed by atoms with E-state index in [-0.39, 0.29) is 12.1 Å². The number of rotatable bonds is 9. The average molecular weight is 386 g/mol. The molecular formula is C21H30N4O3. The largest absolute Gasteiger partial charge is 0.497 e. The highest BCUT2D eigenvalue weighted by atomic mass is 16.5. The standard InChI is InChI=1S/C21H30N4O3/c1-6-25(7-2)20-11-8-16(13-22-20)14-23-21(26)24-15(3)18-12-17(27-4)9-10-19(18)28-5/h8-13,15H,6-7,14H2,1-5H3,(H2,23,24,26). The molecule has 1 heterocycles. The number of anilines is 1. The van der Waals surface area contributed by atoms with Crippen LogP contribution in [0, 0.1) is 0 Å². The Kier molecular flexibility index (Phi) is 7.92. The maximum Gasteiger partial charge on any atom is 0.315 e. The number of methoxy groups -OCH3 is 2. The average Bonchev–Trinajstić information content (AvgIpc) is 2.73. The molecule has 28 heavy (non-hydrogen) atoms. The van der Waals surface area contributed by atoms with E-state index < -0.39 is 0 Å². The van der Waals surface area contributed by atoms with E-state index in [9.17, 15) is 4.79 Å². The van der Waals surface area contributed by atoms with Crippen LogP contribution >= 0.6 is 0 Å². The third-order valence-electron chi connectivity index (χ3n) is 4.60. The number of hydrogen-bond acceptors (Lipinski definition) is 5. The molecule has 0 radical (unpaired) electrons. The molecule has 0 bridgehead atoms. The number of nitrogens with one attached hydrogen (secondary N) is 2. The van der Waals surface area contributed by atoms with E-state index in [0.717, 1.165) is 30.0 Å². The van der Waals surface area contributed by atoms with Crippen LogP contribution in [0.15, 0.2) is 36.5 Å². The summed E-state index contributed by atoms with van der Waals surface area (Å²) in [6.45, 7) is 8.33. The summed E-state index contributed by atoms with van der Waals surface area (Å²) < 4.78 is 10.6. The predicted molar refractivity (Wildman–Crippen MR) is 111 cm³/mol. The fourth-order valence-corrected chi connectivity index (χ4v) is 2.94. The summed E-state index contributed by atoms with van der Waals surface area (Å²) >= 11 is 0. The quantitative estimate of drug-likeness (QED) is 0.690. The van der Waals surface area contributed by atoms with Crippen LogP contribution in [0.2, 0.25) is 0 Å². The van der Waals surface area contributed by atoms with E-state index in [1.54, 1.807) is 20.4 Å². The van der Waals surface area contributed by atoms with Gasteiger partial charge in [0.25, 0.3) is 0 Å². The van der Waals surface area contributed by atoms with Gasteiger partial charge in [0.15, 0.2) is 0 Å². The van der Waals surface area contributed by atoms with E-state index >= 15 is 0 Å². The molecule has 0 aliphatic rings. The van der Waals surface area contributed by atoms with Crippen LogP contribution in [-0.2, 0) is 6.54 Å². The monoisotopic (exact) mass is 386 g/mol. The summed E-state index contributed by atoms with van der Waals surface area (Å²) in [5.41, 5.74) is 1.79. The van der Waals surface area contributed by atoms with E-state index in [2.05, 4.69) is 34.4 Å². The van der Waals surface area contributed by atoms with Crippen molar-refractivity contribution in [2.45, 2.75) is 33.4 Å². The lowest BCUT2D eigenvalue weighted by molar-refractivity contribution is 0.237. The van der Waals surface area contributed by atoms with Crippen molar-refractivity contribution in [1.29, 1.82) is 0 Å². The topological polar surface area (TPSA) is 75.7 Å². The van der Waals surface area contributed by atoms with Gasteiger partial charge in [0.05, 0.1) is 20.3 Å². The molecule has 0 aliphatic heterocycles. The number of aromatic nitrogens is 1. The Morgan fingerprint density at radius 1 is 1.14 bits per heavy atom. The molecule has 7 heteroatoms. The second kappa shape index (κ2) is 10.4. The first kappa shape index (κ1) is 21.3. The Hall–Kier alpha value is -2.96. The highest BCUT2D eigenvalue weighted by Crippen LogP contribution is 2.29. The van der Waals surface area contributed by atoms with Crippen molar-refractivity contribution >= 4 is 11.8 Å². The molecule has 0 spiro atoms. The van der Waals surface area contributed by atoms with Crippen molar-refractivity contribution < 1.29 is 14.3 Å². The van der Waals surface area contributed by atoms with Gasteiger partial charge in [-0.05, 0) is 50.6 Å². The molecule has 2 amide bonds. The molecule has 1 aromatic carbocycles. The normalized spacial score (nSPS) is 11.5. The molecule has 0 saturated carbocycles. The van der Waals surface area contributed by atoms with Crippen molar-refractivity contribution in [3.8, 4) is 11.5 Å². The Balaban J connectivity index is 1.93. The molecule has 1 aromatic heterocycles. The summed E-state index contributed by atoms with van der Waals surface area (Å²) in [5, 5.41) is 5.79. The van der Waals surface area contributed by atoms with Crippen LogP contribution in [0.5, 0.6) is 11.5 Å². The molecule has 0 saturated heterocycles. The molecule has 0 fully saturated rings. The molecule has 2 aromatic rings. The molecule has 7 nitrogen and oxygen atoms in total. The lowest BCUT2D eigenvalue weighted by Gasteiger charge is -2.20. The first-order valence-electron chi connectivity index (χ1n) is 9.48. The predicted octanol–water partition coefficient (Wildman–Crippen LogP) is 3.51. The zero-order chi connectivity index (χ0) is 20.5. The fraction of sp³-hybridized carbons (Fsp3) is 0.429. The van der Waals surface area contributed by atoms with Crippen molar-refractivity contribution in [2.75, 3.05) is 32.2 Å². The summed E-state index contributed by atoms with van der Waals surface area (Å²) in [6, 6.07) is 8.97. The van der Waals surface area contributed by atoms with E-state index in [1.807, 2.05) is 37.3 Å². The molecule has 1 unspecified atom stereocenters. The Morgan fingerprint density at radius 3 is 2.46 bits per heavy atom. The second-order valence-corrected chi connectivity index (χ2v) is 6.35. The number of carbonyl (C=O) groups is 1. The van der Waals surface area contributed by atoms with Gasteiger partial charge < -0.3 is 25.0 Å². The van der Waals surface area contributed by atoms with Gasteiger partial charge in [0.2, 0.25) is 0 Å². The van der Waals surface area contributed by atoms with Crippen LogP contribution in [0.25, 0.3) is 0 Å². The van der Waals surface area contributed by atoms with Crippen molar-refractivity contribution in [3.05, 3.63) is 47.7 Å². The number of nitrogens with zero attached hydrogens (tertiary/aromatic N) is 2. The lowest BCUT2D eigenvalue weighted by atomic mass is 10.1. The Morgan fingerprint density at radius 2 is 1.89 bits per heavy atom. The number of ether oxygens (including phenoxy) is 2. The van der Waals surface area contributed by atoms with Gasteiger partial charge in [-0.25, -0.2) is 9.78 Å². The van der Waals surface area contributed by atoms with Crippen LogP contribution in [0.4, 0.5) is 10.6 Å². The van der Waals surface area contributed by atoms with Crippen LogP contribution in [-0.4, -0.2) is 38.3 Å². The minimum atomic E-state index is -0.259. The summed E-state index contributed by atoms with van der Waals surface area (Å²) in [7, 11) is 3.21. The molecule has 152 valence electrons. The zero-order valence-electron chi connectivity index (χ0n) is 17.3. The SMILES string of the molecule is CCN(CC)c1ccc(CNC(=O)NC(C)c2cc(OC)ccc2OC)cn1. The summed E-state index contributed by atoms with van der Waals surface area (Å²) in [4.78, 5) is 18.9. The van der Waals surface area contributed by atoms with Gasteiger partial charge in [-0.1, -0.05) is 6.07 Å². The second-order valence-electron chi connectivity index (χ2n) is 6.35. The van der Waals surface area contributed by atoms with Gasteiger partial charge >= 0.3 is 6.03 Å². The third-order valence-corrected chi connectivity index (χ3v) is 4.60. The van der Waals surface area contributed by atoms with Crippen LogP contribution < -0.4 is 25.0 Å². The van der Waals surface area contributed by atoms with Gasteiger partial charge in [-0.2, -0.15) is 0 Å². The Bertz CT molecular complexity index is 761. The number of hydrogen-bond donors (Lipinski definition) is 2. The number of benzene rings is 1. The highest BCUT2D eigenvalue weighted by Gasteiger charge is 2.15. The first-order valence-corrected chi connectivity index (χ1v) is 9.48. The number of pyridine rings is 1. The zero-order valence-corrected chi connectivity index (χ0v) is 17.3. The third kappa shape index (κ3) is 5.52. The van der Waals surface area contributed by atoms with Gasteiger partial charge in [-0.3, -0.25) is 0 Å². The van der Waals surface area contributed by atoms with Gasteiger partial charge in [0.1, 0.15) is 17.3 Å².